The molecule has 0 aliphatic heterocycles. The summed E-state index contributed by atoms with van der Waals surface area (Å²) in [5.41, 5.74) is 4.70. The van der Waals surface area contributed by atoms with Gasteiger partial charge in [0.2, 0.25) is 0 Å². The van der Waals surface area contributed by atoms with Gasteiger partial charge in [0, 0.05) is 0 Å². The normalized spacial score (nSPS) is 21.7. The van der Waals surface area contributed by atoms with Crippen LogP contribution in [0.1, 0.15) is 68.6 Å². The molecule has 0 spiro atoms. The highest BCUT2D eigenvalue weighted by Crippen LogP contribution is 2.39. The standard InChI is InChI=1S/C11H14.C8H14/c1-3-9-7-10-6-4-5-8(2)11(9)10;1-2-5-8-6-3-4-7-8/h4-6,9H,3,7H2,1-2H3;2,5,8H,3-4,6-7H2,1H3. The highest BCUT2D eigenvalue weighted by atomic mass is 14.3. The minimum absolute atomic E-state index is 0.867. The lowest BCUT2D eigenvalue weighted by Crippen LogP contribution is -2.17. The zero-order chi connectivity index (χ0) is 13.7. The number of hydrogen-bond donors (Lipinski definition) is 0. The molecule has 1 aromatic carbocycles. The number of allylic oxidation sites excluding steroid dienone is 2. The van der Waals surface area contributed by atoms with Crippen molar-refractivity contribution >= 4 is 0 Å². The molecule has 0 amide bonds. The predicted octanol–water partition coefficient (Wildman–Crippen LogP) is 5.80. The summed E-state index contributed by atoms with van der Waals surface area (Å²) in [6.45, 7) is 6.61. The molecule has 19 heavy (non-hydrogen) atoms. The quantitative estimate of drug-likeness (QED) is 0.587. The summed E-state index contributed by atoms with van der Waals surface area (Å²) >= 11 is 0. The Labute approximate surface area is 118 Å². The minimum Gasteiger partial charge on any atom is -0.0914 e. The Kier molecular flexibility index (Phi) is 5.24. The SMILES string of the molecule is CC=CC1CCCC1.CCC1Cc2cccc(C)c21. The van der Waals surface area contributed by atoms with Crippen molar-refractivity contribution < 1.29 is 0 Å². The van der Waals surface area contributed by atoms with Gasteiger partial charge in [-0.05, 0) is 68.1 Å². The van der Waals surface area contributed by atoms with Crippen LogP contribution in [-0.2, 0) is 6.42 Å². The van der Waals surface area contributed by atoms with Crippen molar-refractivity contribution in [1.82, 2.24) is 0 Å². The third-order valence-electron chi connectivity index (χ3n) is 4.65. The Hall–Kier alpha value is -1.04. The smallest absolute Gasteiger partial charge is 0.0119 e. The van der Waals surface area contributed by atoms with Crippen molar-refractivity contribution in [1.29, 1.82) is 0 Å². The van der Waals surface area contributed by atoms with Crippen molar-refractivity contribution in [2.24, 2.45) is 5.92 Å². The van der Waals surface area contributed by atoms with E-state index in [1.807, 2.05) is 0 Å². The van der Waals surface area contributed by atoms with Gasteiger partial charge >= 0.3 is 0 Å². The van der Waals surface area contributed by atoms with E-state index in [4.69, 9.17) is 0 Å². The third kappa shape index (κ3) is 3.49. The van der Waals surface area contributed by atoms with Gasteiger partial charge < -0.3 is 0 Å². The van der Waals surface area contributed by atoms with Crippen LogP contribution in [0, 0.1) is 12.8 Å². The molecule has 0 N–H and O–H groups in total. The predicted molar refractivity (Wildman–Crippen MR) is 84.7 cm³/mol. The van der Waals surface area contributed by atoms with Gasteiger partial charge in [-0.1, -0.05) is 50.1 Å². The van der Waals surface area contributed by atoms with E-state index in [-0.39, 0.29) is 0 Å². The summed E-state index contributed by atoms with van der Waals surface area (Å²) in [6, 6.07) is 6.65. The second kappa shape index (κ2) is 6.93. The van der Waals surface area contributed by atoms with Crippen LogP contribution in [0.3, 0.4) is 0 Å². The van der Waals surface area contributed by atoms with Crippen LogP contribution < -0.4 is 0 Å². The molecule has 2 aliphatic rings. The number of benzene rings is 1. The summed E-state index contributed by atoms with van der Waals surface area (Å²) in [5.74, 6) is 1.80. The molecule has 1 unspecified atom stereocenters. The maximum atomic E-state index is 2.34. The fourth-order valence-corrected chi connectivity index (χ4v) is 3.51. The first-order chi connectivity index (χ1) is 9.26. The van der Waals surface area contributed by atoms with Crippen LogP contribution >= 0.6 is 0 Å². The zero-order valence-electron chi connectivity index (χ0n) is 12.8. The van der Waals surface area contributed by atoms with E-state index < -0.39 is 0 Å². The lowest BCUT2D eigenvalue weighted by molar-refractivity contribution is 0.584. The van der Waals surface area contributed by atoms with E-state index in [0.29, 0.717) is 0 Å². The molecule has 0 saturated heterocycles. The van der Waals surface area contributed by atoms with Crippen LogP contribution in [0.5, 0.6) is 0 Å². The molecule has 0 heterocycles. The molecule has 1 fully saturated rings. The maximum absolute atomic E-state index is 2.34. The average Bonchev–Trinajstić information content (AvgIpc) is 2.86. The van der Waals surface area contributed by atoms with Gasteiger partial charge in [0.1, 0.15) is 0 Å². The maximum Gasteiger partial charge on any atom is -0.0119 e. The summed E-state index contributed by atoms with van der Waals surface area (Å²) in [4.78, 5) is 0. The molecule has 0 radical (unpaired) electrons. The van der Waals surface area contributed by atoms with Crippen molar-refractivity contribution in [2.45, 2.75) is 65.2 Å². The van der Waals surface area contributed by atoms with Crippen LogP contribution in [0.15, 0.2) is 30.4 Å². The van der Waals surface area contributed by atoms with Gasteiger partial charge in [-0.2, -0.15) is 0 Å². The lowest BCUT2D eigenvalue weighted by atomic mass is 9.74. The summed E-state index contributed by atoms with van der Waals surface area (Å²) in [6.07, 6.45) is 12.9. The molecule has 1 atom stereocenters. The molecule has 104 valence electrons. The van der Waals surface area contributed by atoms with Gasteiger partial charge in [-0.3, -0.25) is 0 Å². The Morgan fingerprint density at radius 2 is 1.95 bits per heavy atom. The molecule has 0 nitrogen and oxygen atoms in total. The molecule has 0 bridgehead atoms. The topological polar surface area (TPSA) is 0 Å². The van der Waals surface area contributed by atoms with E-state index in [1.165, 1.54) is 44.1 Å². The van der Waals surface area contributed by atoms with E-state index >= 15 is 0 Å². The van der Waals surface area contributed by atoms with Crippen molar-refractivity contribution in [3.8, 4) is 0 Å². The van der Waals surface area contributed by atoms with Crippen LogP contribution in [-0.4, -0.2) is 0 Å². The van der Waals surface area contributed by atoms with Crippen molar-refractivity contribution in [3.05, 3.63) is 47.0 Å². The molecule has 1 saturated carbocycles. The fraction of sp³-hybridized carbons (Fsp3) is 0.579. The summed E-state index contributed by atoms with van der Waals surface area (Å²) in [7, 11) is 0. The summed E-state index contributed by atoms with van der Waals surface area (Å²) in [5, 5.41) is 0. The van der Waals surface area contributed by atoms with E-state index in [9.17, 15) is 0 Å². The van der Waals surface area contributed by atoms with Crippen LogP contribution in [0.25, 0.3) is 0 Å². The number of hydrogen-bond acceptors (Lipinski definition) is 0. The van der Waals surface area contributed by atoms with E-state index in [2.05, 4.69) is 51.1 Å². The molecular formula is C19H28. The monoisotopic (exact) mass is 256 g/mol. The number of fused-ring (bicyclic) bond motifs is 1. The van der Waals surface area contributed by atoms with E-state index in [0.717, 1.165) is 11.8 Å². The largest absolute Gasteiger partial charge is 0.0914 e. The molecular weight excluding hydrogens is 228 g/mol. The molecule has 0 aromatic heterocycles. The van der Waals surface area contributed by atoms with Gasteiger partial charge in [-0.25, -0.2) is 0 Å². The van der Waals surface area contributed by atoms with Gasteiger partial charge in [0.05, 0.1) is 0 Å². The third-order valence-corrected chi connectivity index (χ3v) is 4.65. The van der Waals surface area contributed by atoms with Crippen LogP contribution in [0.4, 0.5) is 0 Å². The zero-order valence-corrected chi connectivity index (χ0v) is 12.8. The molecule has 1 aromatic rings. The first kappa shape index (κ1) is 14.4. The average molecular weight is 256 g/mol. The summed E-state index contributed by atoms with van der Waals surface area (Å²) < 4.78 is 0. The van der Waals surface area contributed by atoms with Gasteiger partial charge in [0.15, 0.2) is 0 Å². The Morgan fingerprint density at radius 1 is 1.21 bits per heavy atom. The first-order valence-electron chi connectivity index (χ1n) is 7.97. The van der Waals surface area contributed by atoms with Crippen LogP contribution in [0.2, 0.25) is 0 Å². The molecule has 0 heteroatoms. The van der Waals surface area contributed by atoms with E-state index in [1.54, 1.807) is 11.1 Å². The molecule has 2 aliphatic carbocycles. The lowest BCUT2D eigenvalue weighted by Gasteiger charge is -2.31. The fourth-order valence-electron chi connectivity index (χ4n) is 3.51. The minimum atomic E-state index is 0.867. The molecule has 3 rings (SSSR count). The van der Waals surface area contributed by atoms with Gasteiger partial charge in [-0.15, -0.1) is 0 Å². The highest BCUT2D eigenvalue weighted by molar-refractivity contribution is 5.45. The first-order valence-corrected chi connectivity index (χ1v) is 7.97. The van der Waals surface area contributed by atoms with Crippen molar-refractivity contribution in [2.75, 3.05) is 0 Å². The Morgan fingerprint density at radius 3 is 2.53 bits per heavy atom. The number of rotatable bonds is 2. The Bertz CT molecular complexity index is 407. The van der Waals surface area contributed by atoms with Gasteiger partial charge in [0.25, 0.3) is 0 Å². The van der Waals surface area contributed by atoms with Crippen molar-refractivity contribution in [3.63, 3.8) is 0 Å². The Balaban J connectivity index is 0.000000148. The number of aryl methyl sites for hydroxylation is 1. The second-order valence-corrected chi connectivity index (χ2v) is 6.03. The second-order valence-electron chi connectivity index (χ2n) is 6.03. The highest BCUT2D eigenvalue weighted by Gasteiger charge is 2.25.